The van der Waals surface area contributed by atoms with Crippen LogP contribution in [0.25, 0.3) is 0 Å². The molecule has 0 rings (SSSR count). The lowest BCUT2D eigenvalue weighted by Crippen LogP contribution is -2.28. The van der Waals surface area contributed by atoms with Crippen LogP contribution in [-0.2, 0) is 28.2 Å². The van der Waals surface area contributed by atoms with Gasteiger partial charge < -0.3 is 15.2 Å². The van der Waals surface area contributed by atoms with Crippen molar-refractivity contribution in [1.29, 1.82) is 0 Å². The molecule has 0 aliphatic rings. The minimum Gasteiger partial charge on any atom is -0.462 e. The molecule has 7 nitrogen and oxygen atoms in total. The number of nitrogens with two attached hydrogens (primary N) is 1. The van der Waals surface area contributed by atoms with Crippen molar-refractivity contribution in [1.82, 2.24) is 0 Å². The van der Waals surface area contributed by atoms with Crippen LogP contribution in [0, 0.1) is 0 Å². The fraction of sp³-hybridized carbons (Fsp3) is 0.920. The molecule has 33 heavy (non-hydrogen) atoms. The summed E-state index contributed by atoms with van der Waals surface area (Å²) >= 11 is 0. The Balaban J connectivity index is 3.85. The first kappa shape index (κ1) is 32.0. The van der Waals surface area contributed by atoms with E-state index in [1.54, 1.807) is 0 Å². The van der Waals surface area contributed by atoms with E-state index >= 15 is 0 Å². The van der Waals surface area contributed by atoms with Crippen LogP contribution in [0.15, 0.2) is 0 Å². The van der Waals surface area contributed by atoms with Crippen LogP contribution >= 0.6 is 8.69 Å². The molecular formula is C25H48NO6P. The minimum absolute atomic E-state index is 0.0631. The highest BCUT2D eigenvalue weighted by Gasteiger charge is 2.17. The summed E-state index contributed by atoms with van der Waals surface area (Å²) < 4.78 is 26.0. The van der Waals surface area contributed by atoms with E-state index in [1.807, 2.05) is 0 Å². The van der Waals surface area contributed by atoms with Crippen molar-refractivity contribution in [3.63, 3.8) is 0 Å². The molecule has 0 heterocycles. The smallest absolute Gasteiger partial charge is 0.327 e. The molecule has 0 fully saturated rings. The summed E-state index contributed by atoms with van der Waals surface area (Å²) in [6.45, 7) is 2.84. The molecule has 0 aromatic heterocycles. The van der Waals surface area contributed by atoms with E-state index < -0.39 is 14.8 Å². The Morgan fingerprint density at radius 2 is 1.18 bits per heavy atom. The van der Waals surface area contributed by atoms with Gasteiger partial charge in [-0.05, 0) is 25.8 Å². The van der Waals surface area contributed by atoms with Crippen molar-refractivity contribution in [2.24, 2.45) is 5.73 Å². The second-order valence-electron chi connectivity index (χ2n) is 8.76. The summed E-state index contributed by atoms with van der Waals surface area (Å²) in [4.78, 5) is 24.0. The van der Waals surface area contributed by atoms with Gasteiger partial charge in [0.05, 0.1) is 0 Å². The fourth-order valence-corrected chi connectivity index (χ4v) is 3.84. The summed E-state index contributed by atoms with van der Waals surface area (Å²) in [5.41, 5.74) is 5.49. The van der Waals surface area contributed by atoms with Crippen LogP contribution in [0.3, 0.4) is 0 Å². The monoisotopic (exact) mass is 489 g/mol. The third-order valence-electron chi connectivity index (χ3n) is 5.61. The molecule has 194 valence electrons. The predicted molar refractivity (Wildman–Crippen MR) is 132 cm³/mol. The molecule has 0 aromatic rings. The Labute approximate surface area is 203 Å². The van der Waals surface area contributed by atoms with E-state index in [9.17, 15) is 14.2 Å². The third kappa shape index (κ3) is 23.9. The molecule has 0 saturated carbocycles. The number of ether oxygens (including phenoxy) is 2. The highest BCUT2D eigenvalue weighted by Crippen LogP contribution is 2.12. The van der Waals surface area contributed by atoms with Crippen molar-refractivity contribution in [3.05, 3.63) is 0 Å². The molecular weight excluding hydrogens is 441 g/mol. The van der Waals surface area contributed by atoms with E-state index in [0.29, 0.717) is 12.8 Å². The van der Waals surface area contributed by atoms with E-state index in [2.05, 4.69) is 6.92 Å². The van der Waals surface area contributed by atoms with Gasteiger partial charge in [-0.25, -0.2) is 4.57 Å². The topological polar surface area (TPSA) is 105 Å². The zero-order valence-electron chi connectivity index (χ0n) is 20.9. The number of hydrogen-bond acceptors (Lipinski definition) is 7. The first-order valence-corrected chi connectivity index (χ1v) is 13.9. The van der Waals surface area contributed by atoms with E-state index in [1.165, 1.54) is 57.8 Å². The molecule has 0 unspecified atom stereocenters. The Hall–Kier alpha value is -1.04. The number of carbonyl (C=O) groups excluding carboxylic acids is 2. The fourth-order valence-electron chi connectivity index (χ4n) is 3.61. The third-order valence-corrected chi connectivity index (χ3v) is 5.87. The summed E-state index contributed by atoms with van der Waals surface area (Å²) in [6, 6.07) is 0. The van der Waals surface area contributed by atoms with Gasteiger partial charge in [0.25, 0.3) is 0 Å². The lowest BCUT2D eigenvalue weighted by atomic mass is 10.1. The van der Waals surface area contributed by atoms with Gasteiger partial charge >= 0.3 is 20.6 Å². The average Bonchev–Trinajstić information content (AvgIpc) is 2.81. The molecule has 0 aliphatic carbocycles. The van der Waals surface area contributed by atoms with Gasteiger partial charge in [0.15, 0.2) is 6.10 Å². The van der Waals surface area contributed by atoms with Gasteiger partial charge in [0.2, 0.25) is 0 Å². The Bertz CT molecular complexity index is 478. The van der Waals surface area contributed by atoms with Crippen LogP contribution in [0.4, 0.5) is 0 Å². The number of carbonyl (C=O) groups is 2. The molecule has 1 atom stereocenters. The van der Waals surface area contributed by atoms with E-state index in [4.69, 9.17) is 19.7 Å². The number of unbranched alkanes of at least 4 members (excludes halogenated alkanes) is 14. The number of hydrogen-bond donors (Lipinski definition) is 1. The normalized spacial score (nSPS) is 12.1. The molecule has 0 aromatic carbocycles. The zero-order valence-corrected chi connectivity index (χ0v) is 21.8. The standard InChI is InChI=1S/C25H48NO6P/c1-2-3-4-5-9-13-16-19-25(28)32-23(22-31-33-29)21-30-24(27)18-15-12-10-7-6-8-11-14-17-20-26/h23H,2-22,26H2,1H3/t23-/m0/s1. The largest absolute Gasteiger partial charge is 0.462 e. The first-order chi connectivity index (χ1) is 16.1. The predicted octanol–water partition coefficient (Wildman–Crippen LogP) is 6.67. The highest BCUT2D eigenvalue weighted by molar-refractivity contribution is 7.17. The lowest BCUT2D eigenvalue weighted by Gasteiger charge is -2.16. The van der Waals surface area contributed by atoms with Crippen LogP contribution in [0.1, 0.15) is 122 Å². The first-order valence-electron chi connectivity index (χ1n) is 13.1. The molecule has 8 heteroatoms. The highest BCUT2D eigenvalue weighted by atomic mass is 31.1. The van der Waals surface area contributed by atoms with Gasteiger partial charge in [-0.2, -0.15) is 0 Å². The van der Waals surface area contributed by atoms with Crippen molar-refractivity contribution in [2.75, 3.05) is 19.8 Å². The molecule has 2 N–H and O–H groups in total. The number of rotatable bonds is 25. The lowest BCUT2D eigenvalue weighted by molar-refractivity contribution is -0.160. The molecule has 0 aliphatic heterocycles. The maximum absolute atomic E-state index is 12.1. The van der Waals surface area contributed by atoms with Crippen LogP contribution in [0.2, 0.25) is 0 Å². The van der Waals surface area contributed by atoms with Gasteiger partial charge in [-0.3, -0.25) is 14.1 Å². The van der Waals surface area contributed by atoms with E-state index in [0.717, 1.165) is 51.5 Å². The van der Waals surface area contributed by atoms with Crippen LogP contribution in [0.5, 0.6) is 0 Å². The van der Waals surface area contributed by atoms with Crippen LogP contribution in [-0.4, -0.2) is 37.8 Å². The van der Waals surface area contributed by atoms with Crippen molar-refractivity contribution in [3.8, 4) is 0 Å². The van der Waals surface area contributed by atoms with Gasteiger partial charge in [0, 0.05) is 12.8 Å². The minimum atomic E-state index is -0.730. The Morgan fingerprint density at radius 3 is 1.70 bits per heavy atom. The molecule has 0 spiro atoms. The summed E-state index contributed by atoms with van der Waals surface area (Å²) in [7, 11) is -0.489. The molecule has 0 bridgehead atoms. The molecule has 0 saturated heterocycles. The quantitative estimate of drug-likeness (QED) is 0.0867. The SMILES string of the molecule is CCCCCCCCCC(=O)O[C@H](COP=O)COC(=O)CCCCCCCCCCCN. The second-order valence-corrected chi connectivity index (χ2v) is 9.16. The van der Waals surface area contributed by atoms with Gasteiger partial charge in [-0.15, -0.1) is 0 Å². The maximum atomic E-state index is 12.1. The maximum Gasteiger partial charge on any atom is 0.327 e. The average molecular weight is 490 g/mol. The van der Waals surface area contributed by atoms with Crippen molar-refractivity contribution in [2.45, 2.75) is 129 Å². The summed E-state index contributed by atoms with van der Waals surface area (Å²) in [5.74, 6) is -0.636. The molecule has 0 radical (unpaired) electrons. The molecule has 0 amide bonds. The zero-order chi connectivity index (χ0) is 24.4. The number of esters is 2. The summed E-state index contributed by atoms with van der Waals surface area (Å²) in [5, 5.41) is 0. The van der Waals surface area contributed by atoms with Crippen LogP contribution < -0.4 is 5.73 Å². The summed E-state index contributed by atoms with van der Waals surface area (Å²) in [6.07, 6.45) is 18.0. The van der Waals surface area contributed by atoms with Crippen molar-refractivity contribution >= 4 is 20.6 Å². The Morgan fingerprint density at radius 1 is 0.697 bits per heavy atom. The van der Waals surface area contributed by atoms with Crippen molar-refractivity contribution < 1.29 is 28.2 Å². The van der Waals surface area contributed by atoms with Gasteiger partial charge in [0.1, 0.15) is 13.2 Å². The van der Waals surface area contributed by atoms with E-state index in [-0.39, 0.29) is 25.2 Å². The Kier molecular flexibility index (Phi) is 24.8. The second kappa shape index (κ2) is 25.6. The van der Waals surface area contributed by atoms with Gasteiger partial charge in [-0.1, -0.05) is 90.4 Å².